The van der Waals surface area contributed by atoms with Gasteiger partial charge in [0, 0.05) is 19.6 Å². The number of anilines is 1. The Kier molecular flexibility index (Phi) is 5.88. The van der Waals surface area contributed by atoms with Gasteiger partial charge < -0.3 is 15.0 Å². The molecule has 1 aliphatic rings. The molecule has 3 aromatic rings. The predicted octanol–water partition coefficient (Wildman–Crippen LogP) is 2.53. The molecule has 1 aromatic carbocycles. The molecule has 1 fully saturated rings. The van der Waals surface area contributed by atoms with E-state index in [1.165, 1.54) is 25.7 Å². The number of fused-ring (bicyclic) bond motifs is 1. The minimum Gasteiger partial charge on any atom is -0.497 e. The van der Waals surface area contributed by atoms with Crippen molar-refractivity contribution in [2.75, 3.05) is 25.1 Å². The third kappa shape index (κ3) is 4.47. The number of amides is 1. The van der Waals surface area contributed by atoms with E-state index in [4.69, 9.17) is 4.74 Å². The number of nitrogens with one attached hydrogen (secondary N) is 1. The van der Waals surface area contributed by atoms with E-state index in [9.17, 15) is 4.79 Å². The Balaban J connectivity index is 1.43. The second-order valence-electron chi connectivity index (χ2n) is 7.26. The van der Waals surface area contributed by atoms with Crippen molar-refractivity contribution in [1.82, 2.24) is 25.1 Å². The number of methoxy groups -OCH3 is 1. The average molecular weight is 394 g/mol. The first-order chi connectivity index (χ1) is 14.2. The fourth-order valence-electron chi connectivity index (χ4n) is 3.67. The monoisotopic (exact) mass is 394 g/mol. The number of rotatable bonds is 6. The predicted molar refractivity (Wildman–Crippen MR) is 111 cm³/mol. The lowest BCUT2D eigenvalue weighted by Crippen LogP contribution is -2.27. The van der Waals surface area contributed by atoms with E-state index in [1.54, 1.807) is 24.3 Å². The number of carbonyl (C=O) groups excluding carboxylic acids is 1. The van der Waals surface area contributed by atoms with Crippen molar-refractivity contribution in [3.63, 3.8) is 0 Å². The molecule has 0 aliphatic carbocycles. The van der Waals surface area contributed by atoms with Gasteiger partial charge in [-0.1, -0.05) is 25.0 Å². The van der Waals surface area contributed by atoms with Gasteiger partial charge in [0.05, 0.1) is 18.7 Å². The first-order valence-corrected chi connectivity index (χ1v) is 10.1. The molecule has 152 valence electrons. The number of hydrogen-bond donors (Lipinski definition) is 1. The van der Waals surface area contributed by atoms with Crippen LogP contribution >= 0.6 is 0 Å². The van der Waals surface area contributed by atoms with Gasteiger partial charge in [-0.15, -0.1) is 0 Å². The number of benzene rings is 1. The number of hydrogen-bond acceptors (Lipinski definition) is 6. The Morgan fingerprint density at radius 2 is 1.86 bits per heavy atom. The standard InChI is InChI=1S/C21H26N6O2/c1-29-17-8-6-16(7-9-17)12-22-19(28)14-27-21-18(13-25-27)20(23-15-24-21)26-10-4-2-3-5-11-26/h6-9,13,15H,2-5,10-12,14H2,1H3,(H,22,28). The molecule has 0 radical (unpaired) electrons. The van der Waals surface area contributed by atoms with Crippen LogP contribution in [-0.4, -0.2) is 45.9 Å². The summed E-state index contributed by atoms with van der Waals surface area (Å²) in [6, 6.07) is 7.62. The zero-order valence-corrected chi connectivity index (χ0v) is 16.7. The smallest absolute Gasteiger partial charge is 0.242 e. The van der Waals surface area contributed by atoms with E-state index < -0.39 is 0 Å². The summed E-state index contributed by atoms with van der Waals surface area (Å²) in [4.78, 5) is 23.6. The van der Waals surface area contributed by atoms with Gasteiger partial charge in [-0.05, 0) is 30.5 Å². The highest BCUT2D eigenvalue weighted by Crippen LogP contribution is 2.25. The van der Waals surface area contributed by atoms with E-state index in [1.807, 2.05) is 24.3 Å². The Morgan fingerprint density at radius 1 is 1.10 bits per heavy atom. The molecule has 1 N–H and O–H groups in total. The van der Waals surface area contributed by atoms with Crippen molar-refractivity contribution in [3.05, 3.63) is 42.4 Å². The molecule has 0 saturated carbocycles. The number of carbonyl (C=O) groups is 1. The number of nitrogens with zero attached hydrogens (tertiary/aromatic N) is 5. The summed E-state index contributed by atoms with van der Waals surface area (Å²) >= 11 is 0. The van der Waals surface area contributed by atoms with Crippen LogP contribution in [0.1, 0.15) is 31.2 Å². The van der Waals surface area contributed by atoms with E-state index >= 15 is 0 Å². The SMILES string of the molecule is COc1ccc(CNC(=O)Cn2ncc3c(N4CCCCCC4)ncnc32)cc1. The summed E-state index contributed by atoms with van der Waals surface area (Å²) in [6.45, 7) is 2.57. The van der Waals surface area contributed by atoms with Crippen LogP contribution in [0, 0.1) is 0 Å². The van der Waals surface area contributed by atoms with Gasteiger partial charge in [0.25, 0.3) is 0 Å². The molecule has 2 aromatic heterocycles. The van der Waals surface area contributed by atoms with Crippen LogP contribution in [0.3, 0.4) is 0 Å². The van der Waals surface area contributed by atoms with Crippen LogP contribution in [-0.2, 0) is 17.9 Å². The average Bonchev–Trinajstić information content (AvgIpc) is 2.98. The van der Waals surface area contributed by atoms with Gasteiger partial charge in [0.2, 0.25) is 5.91 Å². The molecule has 1 amide bonds. The third-order valence-corrected chi connectivity index (χ3v) is 5.26. The minimum absolute atomic E-state index is 0.110. The highest BCUT2D eigenvalue weighted by molar-refractivity contribution is 5.87. The van der Waals surface area contributed by atoms with Crippen molar-refractivity contribution in [1.29, 1.82) is 0 Å². The number of ether oxygens (including phenoxy) is 1. The highest BCUT2D eigenvalue weighted by atomic mass is 16.5. The van der Waals surface area contributed by atoms with Crippen molar-refractivity contribution in [3.8, 4) is 5.75 Å². The molecular weight excluding hydrogens is 368 g/mol. The summed E-state index contributed by atoms with van der Waals surface area (Å²) in [5, 5.41) is 8.23. The molecule has 1 aliphatic heterocycles. The molecule has 0 unspecified atom stereocenters. The van der Waals surface area contributed by atoms with Crippen LogP contribution < -0.4 is 15.0 Å². The molecule has 8 nitrogen and oxygen atoms in total. The minimum atomic E-state index is -0.110. The maximum atomic E-state index is 12.4. The molecule has 0 atom stereocenters. The molecule has 3 heterocycles. The highest BCUT2D eigenvalue weighted by Gasteiger charge is 2.18. The van der Waals surface area contributed by atoms with Gasteiger partial charge in [0.1, 0.15) is 24.4 Å². The molecular formula is C21H26N6O2. The summed E-state index contributed by atoms with van der Waals surface area (Å²) in [7, 11) is 1.63. The van der Waals surface area contributed by atoms with Gasteiger partial charge >= 0.3 is 0 Å². The fourth-order valence-corrected chi connectivity index (χ4v) is 3.67. The van der Waals surface area contributed by atoms with E-state index in [0.29, 0.717) is 12.2 Å². The van der Waals surface area contributed by atoms with Crippen LogP contribution in [0.25, 0.3) is 11.0 Å². The third-order valence-electron chi connectivity index (χ3n) is 5.26. The molecule has 4 rings (SSSR count). The van der Waals surface area contributed by atoms with Gasteiger partial charge in [0.15, 0.2) is 5.65 Å². The second-order valence-corrected chi connectivity index (χ2v) is 7.26. The summed E-state index contributed by atoms with van der Waals surface area (Å²) in [6.07, 6.45) is 8.21. The van der Waals surface area contributed by atoms with E-state index in [2.05, 4.69) is 25.3 Å². The van der Waals surface area contributed by atoms with E-state index in [0.717, 1.165) is 35.6 Å². The Hall–Kier alpha value is -3.16. The lowest BCUT2D eigenvalue weighted by Gasteiger charge is -2.21. The van der Waals surface area contributed by atoms with Crippen LogP contribution in [0.2, 0.25) is 0 Å². The van der Waals surface area contributed by atoms with E-state index in [-0.39, 0.29) is 12.5 Å². The zero-order valence-electron chi connectivity index (χ0n) is 16.7. The lowest BCUT2D eigenvalue weighted by atomic mass is 10.2. The van der Waals surface area contributed by atoms with Crippen molar-refractivity contribution in [2.24, 2.45) is 0 Å². The lowest BCUT2D eigenvalue weighted by molar-refractivity contribution is -0.121. The number of aromatic nitrogens is 4. The quantitative estimate of drug-likeness (QED) is 0.692. The van der Waals surface area contributed by atoms with Crippen LogP contribution in [0.15, 0.2) is 36.8 Å². The van der Waals surface area contributed by atoms with Crippen molar-refractivity contribution in [2.45, 2.75) is 38.8 Å². The molecule has 1 saturated heterocycles. The summed E-state index contributed by atoms with van der Waals surface area (Å²) < 4.78 is 6.79. The molecule has 0 spiro atoms. The van der Waals surface area contributed by atoms with Crippen molar-refractivity contribution < 1.29 is 9.53 Å². The topological polar surface area (TPSA) is 85.2 Å². The molecule has 8 heteroatoms. The van der Waals surface area contributed by atoms with Crippen LogP contribution in [0.4, 0.5) is 5.82 Å². The first-order valence-electron chi connectivity index (χ1n) is 10.1. The van der Waals surface area contributed by atoms with Crippen molar-refractivity contribution >= 4 is 22.8 Å². The largest absolute Gasteiger partial charge is 0.497 e. The fraction of sp³-hybridized carbons (Fsp3) is 0.429. The Labute approximate surface area is 169 Å². The summed E-state index contributed by atoms with van der Waals surface area (Å²) in [5.41, 5.74) is 1.70. The van der Waals surface area contributed by atoms with Crippen LogP contribution in [0.5, 0.6) is 5.75 Å². The second kappa shape index (κ2) is 8.89. The normalized spacial score (nSPS) is 14.6. The molecule has 29 heavy (non-hydrogen) atoms. The Morgan fingerprint density at radius 3 is 2.59 bits per heavy atom. The first kappa shape index (κ1) is 19.2. The maximum Gasteiger partial charge on any atom is 0.242 e. The van der Waals surface area contributed by atoms with Gasteiger partial charge in [-0.3, -0.25) is 4.79 Å². The van der Waals surface area contributed by atoms with Gasteiger partial charge in [-0.25, -0.2) is 14.6 Å². The molecule has 0 bridgehead atoms. The Bertz CT molecular complexity index is 961. The summed E-state index contributed by atoms with van der Waals surface area (Å²) in [5.74, 6) is 1.60. The maximum absolute atomic E-state index is 12.4. The zero-order chi connectivity index (χ0) is 20.1. The van der Waals surface area contributed by atoms with Gasteiger partial charge in [-0.2, -0.15) is 5.10 Å².